The second-order valence-electron chi connectivity index (χ2n) is 6.67. The molecule has 7 heteroatoms. The van der Waals surface area contributed by atoms with Crippen LogP contribution in [0.25, 0.3) is 0 Å². The van der Waals surface area contributed by atoms with Crippen LogP contribution in [0.4, 0.5) is 11.4 Å². The van der Waals surface area contributed by atoms with E-state index < -0.39 is 4.92 Å². The van der Waals surface area contributed by atoms with E-state index in [1.165, 1.54) is 6.07 Å². The van der Waals surface area contributed by atoms with Crippen LogP contribution in [-0.2, 0) is 14.3 Å². The molecule has 2 saturated carbocycles. The van der Waals surface area contributed by atoms with Crippen molar-refractivity contribution in [3.8, 4) is 0 Å². The number of carbonyl (C=O) groups is 2. The summed E-state index contributed by atoms with van der Waals surface area (Å²) in [5.41, 5.74) is 0.893. The van der Waals surface area contributed by atoms with E-state index in [-0.39, 0.29) is 47.3 Å². The number of nitro groups is 1. The summed E-state index contributed by atoms with van der Waals surface area (Å²) in [5.74, 6) is -0.906. The number of esters is 1. The lowest BCUT2D eigenvalue weighted by Gasteiger charge is -2.23. The van der Waals surface area contributed by atoms with E-state index in [9.17, 15) is 19.7 Å². The maximum atomic E-state index is 12.6. The number of nitrogens with zero attached hydrogens (tertiary/aromatic N) is 1. The highest BCUT2D eigenvalue weighted by Crippen LogP contribution is 2.57. The fourth-order valence-corrected chi connectivity index (χ4v) is 4.47. The quantitative estimate of drug-likeness (QED) is 0.522. The van der Waals surface area contributed by atoms with Gasteiger partial charge in [-0.05, 0) is 31.7 Å². The normalized spacial score (nSPS) is 33.6. The Morgan fingerprint density at radius 3 is 2.91 bits per heavy atom. The highest BCUT2D eigenvalue weighted by molar-refractivity contribution is 5.97. The Hall–Kier alpha value is -2.44. The SMILES string of the molecule is Cc1ccc(NC(=O)[C@H]2[C@H]3C[C@H]4[C@H]2C(=O)O[C@H]4C3)cc1[N+](=O)[O-]. The molecular weight excluding hydrogens is 300 g/mol. The van der Waals surface area contributed by atoms with Crippen molar-refractivity contribution < 1.29 is 19.2 Å². The maximum Gasteiger partial charge on any atom is 0.310 e. The topological polar surface area (TPSA) is 98.5 Å². The number of carbonyl (C=O) groups excluding carboxylic acids is 2. The van der Waals surface area contributed by atoms with Gasteiger partial charge in [0.15, 0.2) is 0 Å². The van der Waals surface area contributed by atoms with Gasteiger partial charge in [0.2, 0.25) is 5.91 Å². The molecule has 0 unspecified atom stereocenters. The molecule has 1 aliphatic heterocycles. The van der Waals surface area contributed by atoms with Crippen LogP contribution in [0, 0.1) is 40.7 Å². The second kappa shape index (κ2) is 4.78. The van der Waals surface area contributed by atoms with Crippen LogP contribution in [0.2, 0.25) is 0 Å². The number of nitro benzene ring substituents is 1. The van der Waals surface area contributed by atoms with Gasteiger partial charge in [0, 0.05) is 23.2 Å². The molecule has 120 valence electrons. The Labute approximate surface area is 132 Å². The van der Waals surface area contributed by atoms with Gasteiger partial charge >= 0.3 is 5.97 Å². The molecule has 1 saturated heterocycles. The van der Waals surface area contributed by atoms with Gasteiger partial charge < -0.3 is 10.1 Å². The number of anilines is 1. The van der Waals surface area contributed by atoms with Crippen LogP contribution in [0.5, 0.6) is 0 Å². The first kappa shape index (κ1) is 14.2. The van der Waals surface area contributed by atoms with E-state index in [0.29, 0.717) is 11.3 Å². The van der Waals surface area contributed by atoms with E-state index in [1.807, 2.05) is 0 Å². The van der Waals surface area contributed by atoms with Crippen molar-refractivity contribution in [1.29, 1.82) is 0 Å². The van der Waals surface area contributed by atoms with Crippen molar-refractivity contribution in [3.05, 3.63) is 33.9 Å². The lowest BCUT2D eigenvalue weighted by atomic mass is 9.79. The summed E-state index contributed by atoms with van der Waals surface area (Å²) < 4.78 is 5.33. The van der Waals surface area contributed by atoms with Crippen LogP contribution in [-0.4, -0.2) is 22.9 Å². The summed E-state index contributed by atoms with van der Waals surface area (Å²) >= 11 is 0. The summed E-state index contributed by atoms with van der Waals surface area (Å²) in [6.07, 6.45) is 1.59. The smallest absolute Gasteiger partial charge is 0.310 e. The minimum Gasteiger partial charge on any atom is -0.462 e. The van der Waals surface area contributed by atoms with Crippen molar-refractivity contribution in [2.24, 2.45) is 23.7 Å². The number of ether oxygens (including phenoxy) is 1. The number of hydrogen-bond acceptors (Lipinski definition) is 5. The first-order chi connectivity index (χ1) is 11.0. The molecule has 5 atom stereocenters. The standard InChI is InChI=1S/C16H16N2O5/c1-7-2-3-9(6-11(7)18(21)22)17-15(19)13-8-4-10-12(5-8)23-16(20)14(10)13/h2-3,6,8,10,12-14H,4-5H2,1H3,(H,17,19)/t8-,10+,12-,13-,14+/m0/s1. The van der Waals surface area contributed by atoms with E-state index in [0.717, 1.165) is 12.8 Å². The fourth-order valence-electron chi connectivity index (χ4n) is 4.47. The number of nitrogens with one attached hydrogen (secondary N) is 1. The van der Waals surface area contributed by atoms with Crippen LogP contribution >= 0.6 is 0 Å². The molecule has 3 fully saturated rings. The fraction of sp³-hybridized carbons (Fsp3) is 0.500. The third-order valence-corrected chi connectivity index (χ3v) is 5.46. The number of amides is 1. The third kappa shape index (κ3) is 2.03. The van der Waals surface area contributed by atoms with E-state index >= 15 is 0 Å². The zero-order chi connectivity index (χ0) is 16.3. The Kier molecular flexibility index (Phi) is 2.94. The lowest BCUT2D eigenvalue weighted by molar-refractivity contribution is -0.385. The van der Waals surface area contributed by atoms with Gasteiger partial charge in [-0.25, -0.2) is 0 Å². The number of hydrogen-bond donors (Lipinski definition) is 1. The van der Waals surface area contributed by atoms with Gasteiger partial charge in [-0.3, -0.25) is 19.7 Å². The molecule has 7 nitrogen and oxygen atoms in total. The molecular formula is C16H16N2O5. The van der Waals surface area contributed by atoms with Crippen LogP contribution < -0.4 is 5.32 Å². The van der Waals surface area contributed by atoms with Crippen LogP contribution in [0.1, 0.15) is 18.4 Å². The minimum atomic E-state index is -0.471. The van der Waals surface area contributed by atoms with Gasteiger partial charge in [0.1, 0.15) is 6.10 Å². The molecule has 1 amide bonds. The molecule has 1 heterocycles. The average molecular weight is 316 g/mol. The molecule has 1 aromatic rings. The van der Waals surface area contributed by atoms with Crippen LogP contribution in [0.15, 0.2) is 18.2 Å². The first-order valence-corrected chi connectivity index (χ1v) is 7.72. The summed E-state index contributed by atoms with van der Waals surface area (Å²) in [7, 11) is 0. The first-order valence-electron chi connectivity index (χ1n) is 7.72. The molecule has 0 spiro atoms. The molecule has 1 N–H and O–H groups in total. The Morgan fingerprint density at radius 1 is 1.39 bits per heavy atom. The number of aryl methyl sites for hydroxylation is 1. The molecule has 4 rings (SSSR count). The van der Waals surface area contributed by atoms with Gasteiger partial charge in [0.05, 0.1) is 16.8 Å². The zero-order valence-electron chi connectivity index (χ0n) is 12.5. The average Bonchev–Trinajstić information content (AvgIpc) is 3.10. The molecule has 0 radical (unpaired) electrons. The molecule has 2 bridgehead atoms. The van der Waals surface area contributed by atoms with E-state index in [2.05, 4.69) is 5.32 Å². The Balaban J connectivity index is 1.56. The van der Waals surface area contributed by atoms with Gasteiger partial charge in [-0.15, -0.1) is 0 Å². The van der Waals surface area contributed by atoms with E-state index in [1.54, 1.807) is 19.1 Å². The molecule has 2 aliphatic carbocycles. The monoisotopic (exact) mass is 316 g/mol. The van der Waals surface area contributed by atoms with Crippen molar-refractivity contribution >= 4 is 23.3 Å². The molecule has 1 aromatic carbocycles. The molecule has 23 heavy (non-hydrogen) atoms. The zero-order valence-corrected chi connectivity index (χ0v) is 12.5. The lowest BCUT2D eigenvalue weighted by Crippen LogP contribution is -2.35. The third-order valence-electron chi connectivity index (χ3n) is 5.46. The number of fused-ring (bicyclic) bond motifs is 1. The van der Waals surface area contributed by atoms with Crippen molar-refractivity contribution in [2.45, 2.75) is 25.9 Å². The highest BCUT2D eigenvalue weighted by Gasteiger charge is 2.63. The minimum absolute atomic E-state index is 0.0120. The Morgan fingerprint density at radius 2 is 2.17 bits per heavy atom. The maximum absolute atomic E-state index is 12.6. The summed E-state index contributed by atoms with van der Waals surface area (Å²) in [4.78, 5) is 35.1. The predicted octanol–water partition coefficient (Wildman–Crippen LogP) is 2.04. The summed E-state index contributed by atoms with van der Waals surface area (Å²) in [6, 6.07) is 4.60. The number of rotatable bonds is 3. The van der Waals surface area contributed by atoms with Gasteiger partial charge in [-0.1, -0.05) is 6.07 Å². The van der Waals surface area contributed by atoms with Crippen LogP contribution in [0.3, 0.4) is 0 Å². The van der Waals surface area contributed by atoms with Crippen molar-refractivity contribution in [1.82, 2.24) is 0 Å². The van der Waals surface area contributed by atoms with Crippen molar-refractivity contribution in [2.75, 3.05) is 5.32 Å². The second-order valence-corrected chi connectivity index (χ2v) is 6.67. The van der Waals surface area contributed by atoms with Gasteiger partial charge in [0.25, 0.3) is 5.69 Å². The molecule has 0 aromatic heterocycles. The number of benzene rings is 1. The summed E-state index contributed by atoms with van der Waals surface area (Å²) in [6.45, 7) is 1.65. The molecule has 3 aliphatic rings. The summed E-state index contributed by atoms with van der Waals surface area (Å²) in [5, 5.41) is 13.7. The largest absolute Gasteiger partial charge is 0.462 e. The Bertz CT molecular complexity index is 729. The van der Waals surface area contributed by atoms with E-state index in [4.69, 9.17) is 4.74 Å². The van der Waals surface area contributed by atoms with Gasteiger partial charge in [-0.2, -0.15) is 0 Å². The van der Waals surface area contributed by atoms with Crippen molar-refractivity contribution in [3.63, 3.8) is 0 Å². The highest BCUT2D eigenvalue weighted by atomic mass is 16.6. The predicted molar refractivity (Wildman–Crippen MR) is 79.5 cm³/mol.